The molecule has 16 heavy (non-hydrogen) atoms. The highest BCUT2D eigenvalue weighted by Gasteiger charge is 2.19. The van der Waals surface area contributed by atoms with Gasteiger partial charge in [-0.25, -0.2) is 8.42 Å². The fourth-order valence-corrected chi connectivity index (χ4v) is 3.10. The van der Waals surface area contributed by atoms with Crippen molar-refractivity contribution in [2.24, 2.45) is 5.92 Å². The summed E-state index contributed by atoms with van der Waals surface area (Å²) in [6, 6.07) is 0.465. The van der Waals surface area contributed by atoms with Crippen LogP contribution < -0.4 is 5.32 Å². The Hall–Kier alpha value is -0.0900. The van der Waals surface area contributed by atoms with Crippen molar-refractivity contribution in [1.29, 1.82) is 0 Å². The molecule has 4 heteroatoms. The molecule has 0 aromatic carbocycles. The third-order valence-electron chi connectivity index (χ3n) is 3.68. The quantitative estimate of drug-likeness (QED) is 0.780. The highest BCUT2D eigenvalue weighted by molar-refractivity contribution is 7.91. The highest BCUT2D eigenvalue weighted by Crippen LogP contribution is 2.26. The molecule has 0 amide bonds. The maximum absolute atomic E-state index is 11.3. The summed E-state index contributed by atoms with van der Waals surface area (Å²) < 4.78 is 22.6. The van der Waals surface area contributed by atoms with Gasteiger partial charge in [-0.05, 0) is 25.7 Å². The largest absolute Gasteiger partial charge is 0.313 e. The van der Waals surface area contributed by atoms with Crippen LogP contribution in [0, 0.1) is 5.92 Å². The minimum atomic E-state index is -2.81. The van der Waals surface area contributed by atoms with Gasteiger partial charge in [-0.3, -0.25) is 0 Å². The van der Waals surface area contributed by atoms with Gasteiger partial charge in [-0.2, -0.15) is 0 Å². The van der Waals surface area contributed by atoms with Gasteiger partial charge in [0, 0.05) is 18.3 Å². The number of hydrogen-bond donors (Lipinski definition) is 1. The van der Waals surface area contributed by atoms with E-state index >= 15 is 0 Å². The molecule has 1 N–H and O–H groups in total. The molecule has 0 unspecified atom stereocenters. The van der Waals surface area contributed by atoms with Crippen LogP contribution in [0.25, 0.3) is 0 Å². The van der Waals surface area contributed by atoms with Crippen LogP contribution in [-0.4, -0.2) is 32.5 Å². The molecule has 1 fully saturated rings. The average Bonchev–Trinajstić information content (AvgIpc) is 2.30. The van der Waals surface area contributed by atoms with E-state index in [0.29, 0.717) is 12.6 Å². The fraction of sp³-hybridized carbons (Fsp3) is 1.00. The first-order chi connectivity index (χ1) is 7.55. The van der Waals surface area contributed by atoms with Crippen LogP contribution in [0.15, 0.2) is 0 Å². The normalized spacial score (nSPS) is 20.9. The summed E-state index contributed by atoms with van der Waals surface area (Å²) in [5.41, 5.74) is 0. The molecule has 0 aromatic heterocycles. The van der Waals surface area contributed by atoms with Crippen molar-refractivity contribution in [3.8, 4) is 0 Å². The van der Waals surface area contributed by atoms with Gasteiger partial charge in [-0.15, -0.1) is 0 Å². The van der Waals surface area contributed by atoms with Crippen LogP contribution in [0.3, 0.4) is 0 Å². The first kappa shape index (κ1) is 14.0. The molecule has 0 aromatic rings. The highest BCUT2D eigenvalue weighted by atomic mass is 32.2. The second kappa shape index (κ2) is 6.60. The van der Waals surface area contributed by atoms with E-state index in [4.69, 9.17) is 0 Å². The molecule has 0 radical (unpaired) electrons. The standard InChI is InChI=1S/C12H25NO2S/c1-3-16(14,15)10-9-13-11(2)12-7-5-4-6-8-12/h11-13H,3-10H2,1-2H3/t11-/m0/s1. The van der Waals surface area contributed by atoms with E-state index in [1.54, 1.807) is 6.92 Å². The van der Waals surface area contributed by atoms with Crippen molar-refractivity contribution in [2.45, 2.75) is 52.0 Å². The lowest BCUT2D eigenvalue weighted by atomic mass is 9.84. The van der Waals surface area contributed by atoms with Gasteiger partial charge in [0.15, 0.2) is 9.84 Å². The monoisotopic (exact) mass is 247 g/mol. The molecule has 1 aliphatic rings. The maximum atomic E-state index is 11.3. The topological polar surface area (TPSA) is 46.2 Å². The van der Waals surface area contributed by atoms with Gasteiger partial charge < -0.3 is 5.32 Å². The predicted octanol–water partition coefficient (Wildman–Crippen LogP) is 1.98. The second-order valence-corrected chi connectivity index (χ2v) is 7.35. The van der Waals surface area contributed by atoms with Crippen molar-refractivity contribution in [3.63, 3.8) is 0 Å². The SMILES string of the molecule is CCS(=O)(=O)CCN[C@@H](C)C1CCCCC1. The second-order valence-electron chi connectivity index (χ2n) is 4.88. The number of hydrogen-bond acceptors (Lipinski definition) is 3. The molecule has 0 aliphatic heterocycles. The van der Waals surface area contributed by atoms with Gasteiger partial charge >= 0.3 is 0 Å². The third kappa shape index (κ3) is 4.83. The van der Waals surface area contributed by atoms with Crippen LogP contribution in [0.2, 0.25) is 0 Å². The Morgan fingerprint density at radius 1 is 1.25 bits per heavy atom. The Bertz CT molecular complexity index is 281. The Kier molecular flexibility index (Phi) is 5.76. The van der Waals surface area contributed by atoms with Crippen molar-refractivity contribution in [1.82, 2.24) is 5.32 Å². The lowest BCUT2D eigenvalue weighted by Gasteiger charge is -2.28. The maximum Gasteiger partial charge on any atom is 0.151 e. The van der Waals surface area contributed by atoms with Crippen molar-refractivity contribution in [2.75, 3.05) is 18.1 Å². The lowest BCUT2D eigenvalue weighted by molar-refractivity contribution is 0.285. The molecule has 96 valence electrons. The summed E-state index contributed by atoms with van der Waals surface area (Å²) in [7, 11) is -2.81. The Labute approximate surface area is 99.9 Å². The molecular formula is C12H25NO2S. The predicted molar refractivity (Wildman–Crippen MR) is 68.4 cm³/mol. The third-order valence-corrected chi connectivity index (χ3v) is 5.38. The van der Waals surface area contributed by atoms with Crippen molar-refractivity contribution in [3.05, 3.63) is 0 Å². The van der Waals surface area contributed by atoms with Gasteiger partial charge in [0.25, 0.3) is 0 Å². The smallest absolute Gasteiger partial charge is 0.151 e. The molecule has 0 bridgehead atoms. The number of nitrogens with one attached hydrogen (secondary N) is 1. The van der Waals surface area contributed by atoms with Gasteiger partial charge in [0.05, 0.1) is 5.75 Å². The molecule has 1 atom stereocenters. The number of sulfone groups is 1. The zero-order valence-electron chi connectivity index (χ0n) is 10.5. The molecule has 1 aliphatic carbocycles. The molecule has 0 saturated heterocycles. The first-order valence-electron chi connectivity index (χ1n) is 6.49. The lowest BCUT2D eigenvalue weighted by Crippen LogP contribution is -2.37. The van der Waals surface area contributed by atoms with Crippen molar-refractivity contribution >= 4 is 9.84 Å². The van der Waals surface area contributed by atoms with Crippen LogP contribution >= 0.6 is 0 Å². The minimum Gasteiger partial charge on any atom is -0.313 e. The van der Waals surface area contributed by atoms with Crippen LogP contribution in [0.1, 0.15) is 46.0 Å². The summed E-state index contributed by atoms with van der Waals surface area (Å²) in [6.07, 6.45) is 6.64. The molecule has 0 heterocycles. The summed E-state index contributed by atoms with van der Waals surface area (Å²) in [4.78, 5) is 0. The van der Waals surface area contributed by atoms with E-state index in [-0.39, 0.29) is 11.5 Å². The van der Waals surface area contributed by atoms with E-state index < -0.39 is 9.84 Å². The van der Waals surface area contributed by atoms with E-state index in [1.165, 1.54) is 32.1 Å². The van der Waals surface area contributed by atoms with E-state index in [9.17, 15) is 8.42 Å². The van der Waals surface area contributed by atoms with Crippen LogP contribution in [0.5, 0.6) is 0 Å². The summed E-state index contributed by atoms with van der Waals surface area (Å²) in [5.74, 6) is 1.28. The van der Waals surface area contributed by atoms with Gasteiger partial charge in [0.2, 0.25) is 0 Å². The fourth-order valence-electron chi connectivity index (χ4n) is 2.39. The van der Waals surface area contributed by atoms with Gasteiger partial charge in [0.1, 0.15) is 0 Å². The Morgan fingerprint density at radius 2 is 1.88 bits per heavy atom. The minimum absolute atomic E-state index is 0.256. The van der Waals surface area contributed by atoms with Crippen LogP contribution in [-0.2, 0) is 9.84 Å². The Balaban J connectivity index is 2.21. The number of rotatable bonds is 6. The first-order valence-corrected chi connectivity index (χ1v) is 8.31. The van der Waals surface area contributed by atoms with Crippen molar-refractivity contribution < 1.29 is 8.42 Å². The van der Waals surface area contributed by atoms with Gasteiger partial charge in [-0.1, -0.05) is 26.2 Å². The van der Waals surface area contributed by atoms with Crippen LogP contribution in [0.4, 0.5) is 0 Å². The Morgan fingerprint density at radius 3 is 2.44 bits per heavy atom. The molecule has 1 saturated carbocycles. The zero-order valence-corrected chi connectivity index (χ0v) is 11.4. The summed E-state index contributed by atoms with van der Waals surface area (Å²) in [6.45, 7) is 4.50. The molecular weight excluding hydrogens is 222 g/mol. The summed E-state index contributed by atoms with van der Waals surface area (Å²) in [5, 5.41) is 3.36. The van der Waals surface area contributed by atoms with E-state index in [2.05, 4.69) is 12.2 Å². The zero-order chi connectivity index (χ0) is 12.0. The van der Waals surface area contributed by atoms with E-state index in [1.807, 2.05) is 0 Å². The molecule has 0 spiro atoms. The average molecular weight is 247 g/mol. The molecule has 1 rings (SSSR count). The summed E-state index contributed by atoms with van der Waals surface area (Å²) >= 11 is 0. The molecule has 3 nitrogen and oxygen atoms in total. The van der Waals surface area contributed by atoms with E-state index in [0.717, 1.165) is 5.92 Å².